The van der Waals surface area contributed by atoms with Gasteiger partial charge in [0.15, 0.2) is 0 Å². The lowest BCUT2D eigenvalue weighted by Gasteiger charge is -2.22. The van der Waals surface area contributed by atoms with E-state index in [1.54, 1.807) is 6.20 Å². The standard InChI is InChI=1S/C20H21N3/c21-16-18(20-7-3-4-12-22-20)15-17-8-10-19(11-9-17)23-13-5-1-2-6-14-23/h3-4,7-12,15H,1-2,5-6,13-14H2/b18-15-. The highest BCUT2D eigenvalue weighted by Crippen LogP contribution is 2.22. The molecule has 0 spiro atoms. The van der Waals surface area contributed by atoms with E-state index in [1.165, 1.54) is 31.4 Å². The van der Waals surface area contributed by atoms with Crippen molar-refractivity contribution < 1.29 is 0 Å². The second-order valence-electron chi connectivity index (χ2n) is 5.88. The zero-order chi connectivity index (χ0) is 15.9. The summed E-state index contributed by atoms with van der Waals surface area (Å²) in [5.74, 6) is 0. The minimum atomic E-state index is 0.591. The van der Waals surface area contributed by atoms with Gasteiger partial charge in [0.05, 0.1) is 11.3 Å². The van der Waals surface area contributed by atoms with E-state index in [9.17, 15) is 5.26 Å². The fourth-order valence-electron chi connectivity index (χ4n) is 2.96. The quantitative estimate of drug-likeness (QED) is 0.782. The third-order valence-electron chi connectivity index (χ3n) is 4.24. The van der Waals surface area contributed by atoms with Crippen molar-refractivity contribution in [2.24, 2.45) is 0 Å². The normalized spacial score (nSPS) is 15.8. The number of nitriles is 1. The highest BCUT2D eigenvalue weighted by Gasteiger charge is 2.09. The predicted octanol–water partition coefficient (Wildman–Crippen LogP) is 4.53. The van der Waals surface area contributed by atoms with Crippen LogP contribution >= 0.6 is 0 Å². The highest BCUT2D eigenvalue weighted by molar-refractivity contribution is 5.88. The molecule has 0 atom stereocenters. The molecule has 2 heterocycles. The monoisotopic (exact) mass is 303 g/mol. The summed E-state index contributed by atoms with van der Waals surface area (Å²) < 4.78 is 0. The summed E-state index contributed by atoms with van der Waals surface area (Å²) in [6, 6.07) is 16.3. The first-order chi connectivity index (χ1) is 11.4. The van der Waals surface area contributed by atoms with Gasteiger partial charge in [0.1, 0.15) is 6.07 Å². The van der Waals surface area contributed by atoms with Crippen LogP contribution in [0.25, 0.3) is 11.6 Å². The molecule has 0 saturated carbocycles. The van der Waals surface area contributed by atoms with Crippen LogP contribution < -0.4 is 4.90 Å². The second kappa shape index (κ2) is 7.60. The molecule has 1 aliphatic rings. The van der Waals surface area contributed by atoms with E-state index in [0.29, 0.717) is 11.3 Å². The van der Waals surface area contributed by atoms with Gasteiger partial charge in [-0.05, 0) is 48.7 Å². The lowest BCUT2D eigenvalue weighted by atomic mass is 10.1. The zero-order valence-electron chi connectivity index (χ0n) is 13.3. The summed E-state index contributed by atoms with van der Waals surface area (Å²) in [7, 11) is 0. The number of hydrogen-bond donors (Lipinski definition) is 0. The molecule has 0 radical (unpaired) electrons. The molecule has 1 aliphatic heterocycles. The molecule has 2 aromatic rings. The molecule has 3 rings (SSSR count). The van der Waals surface area contributed by atoms with Gasteiger partial charge in [0, 0.05) is 25.0 Å². The topological polar surface area (TPSA) is 39.9 Å². The van der Waals surface area contributed by atoms with Gasteiger partial charge < -0.3 is 4.90 Å². The third kappa shape index (κ3) is 3.98. The van der Waals surface area contributed by atoms with Crippen LogP contribution in [0.4, 0.5) is 5.69 Å². The number of allylic oxidation sites excluding steroid dienone is 1. The van der Waals surface area contributed by atoms with Crippen LogP contribution in [0.1, 0.15) is 36.9 Å². The fraction of sp³-hybridized carbons (Fsp3) is 0.300. The lowest BCUT2D eigenvalue weighted by molar-refractivity contribution is 0.726. The van der Waals surface area contributed by atoms with Gasteiger partial charge in [0.2, 0.25) is 0 Å². The van der Waals surface area contributed by atoms with E-state index in [4.69, 9.17) is 0 Å². The minimum absolute atomic E-state index is 0.591. The van der Waals surface area contributed by atoms with Gasteiger partial charge in [-0.2, -0.15) is 5.26 Å². The number of pyridine rings is 1. The van der Waals surface area contributed by atoms with E-state index >= 15 is 0 Å². The van der Waals surface area contributed by atoms with Crippen LogP contribution in [0.2, 0.25) is 0 Å². The molecule has 0 aliphatic carbocycles. The molecule has 1 fully saturated rings. The Labute approximate surface area is 137 Å². The second-order valence-corrected chi connectivity index (χ2v) is 5.88. The Hall–Kier alpha value is -2.60. The summed E-state index contributed by atoms with van der Waals surface area (Å²) in [5.41, 5.74) is 3.62. The first kappa shape index (κ1) is 15.3. The Bertz CT molecular complexity index is 688. The molecule has 116 valence electrons. The van der Waals surface area contributed by atoms with E-state index in [2.05, 4.69) is 40.2 Å². The maximum absolute atomic E-state index is 9.36. The maximum Gasteiger partial charge on any atom is 0.101 e. The summed E-state index contributed by atoms with van der Waals surface area (Å²) in [4.78, 5) is 6.71. The van der Waals surface area contributed by atoms with Gasteiger partial charge in [0.25, 0.3) is 0 Å². The molecular weight excluding hydrogens is 282 g/mol. The van der Waals surface area contributed by atoms with Crippen molar-refractivity contribution >= 4 is 17.3 Å². The molecule has 1 aromatic carbocycles. The Morgan fingerprint density at radius 1 is 1.00 bits per heavy atom. The summed E-state index contributed by atoms with van der Waals surface area (Å²) in [6.45, 7) is 2.29. The summed E-state index contributed by atoms with van der Waals surface area (Å²) in [5, 5.41) is 9.36. The van der Waals surface area contributed by atoms with Crippen LogP contribution in [0.3, 0.4) is 0 Å². The largest absolute Gasteiger partial charge is 0.372 e. The number of nitrogens with zero attached hydrogens (tertiary/aromatic N) is 3. The number of rotatable bonds is 3. The van der Waals surface area contributed by atoms with Crippen molar-refractivity contribution in [1.29, 1.82) is 5.26 Å². The lowest BCUT2D eigenvalue weighted by Crippen LogP contribution is -2.23. The van der Waals surface area contributed by atoms with Crippen LogP contribution in [0, 0.1) is 11.3 Å². The molecule has 3 nitrogen and oxygen atoms in total. The number of benzene rings is 1. The first-order valence-corrected chi connectivity index (χ1v) is 8.25. The van der Waals surface area contributed by atoms with Crippen molar-refractivity contribution in [3.8, 4) is 6.07 Å². The van der Waals surface area contributed by atoms with Crippen LogP contribution in [-0.2, 0) is 0 Å². The van der Waals surface area contributed by atoms with Crippen molar-refractivity contribution in [2.75, 3.05) is 18.0 Å². The van der Waals surface area contributed by atoms with Gasteiger partial charge >= 0.3 is 0 Å². The molecule has 1 aromatic heterocycles. The minimum Gasteiger partial charge on any atom is -0.372 e. The Balaban J connectivity index is 1.79. The number of hydrogen-bond acceptors (Lipinski definition) is 3. The molecule has 1 saturated heterocycles. The predicted molar refractivity (Wildman–Crippen MR) is 94.8 cm³/mol. The van der Waals surface area contributed by atoms with Crippen molar-refractivity contribution in [3.05, 3.63) is 59.9 Å². The van der Waals surface area contributed by atoms with Gasteiger partial charge in [-0.3, -0.25) is 4.98 Å². The average Bonchev–Trinajstić information content (AvgIpc) is 2.90. The highest BCUT2D eigenvalue weighted by atomic mass is 15.1. The Morgan fingerprint density at radius 3 is 2.35 bits per heavy atom. The third-order valence-corrected chi connectivity index (χ3v) is 4.24. The fourth-order valence-corrected chi connectivity index (χ4v) is 2.96. The SMILES string of the molecule is N#C/C(=C/c1ccc(N2CCCCCC2)cc1)c1ccccn1. The van der Waals surface area contributed by atoms with Gasteiger partial charge in [-0.15, -0.1) is 0 Å². The smallest absolute Gasteiger partial charge is 0.101 e. The van der Waals surface area contributed by atoms with Gasteiger partial charge in [-0.25, -0.2) is 0 Å². The van der Waals surface area contributed by atoms with E-state index in [1.807, 2.05) is 24.3 Å². The molecule has 0 amide bonds. The van der Waals surface area contributed by atoms with E-state index in [-0.39, 0.29) is 0 Å². The van der Waals surface area contributed by atoms with E-state index < -0.39 is 0 Å². The molecule has 3 heteroatoms. The number of aromatic nitrogens is 1. The Morgan fingerprint density at radius 2 is 1.74 bits per heavy atom. The maximum atomic E-state index is 9.36. The first-order valence-electron chi connectivity index (χ1n) is 8.25. The van der Waals surface area contributed by atoms with Crippen LogP contribution in [-0.4, -0.2) is 18.1 Å². The Kier molecular flexibility index (Phi) is 5.06. The average molecular weight is 303 g/mol. The molecule has 0 bridgehead atoms. The van der Waals surface area contributed by atoms with Crippen LogP contribution in [0.5, 0.6) is 0 Å². The summed E-state index contributed by atoms with van der Waals surface area (Å²) >= 11 is 0. The zero-order valence-corrected chi connectivity index (χ0v) is 13.3. The van der Waals surface area contributed by atoms with Crippen LogP contribution in [0.15, 0.2) is 48.7 Å². The van der Waals surface area contributed by atoms with E-state index in [0.717, 1.165) is 18.7 Å². The van der Waals surface area contributed by atoms with Crippen molar-refractivity contribution in [1.82, 2.24) is 4.98 Å². The van der Waals surface area contributed by atoms with Crippen molar-refractivity contribution in [3.63, 3.8) is 0 Å². The molecule has 0 unspecified atom stereocenters. The van der Waals surface area contributed by atoms with Gasteiger partial charge in [-0.1, -0.05) is 31.0 Å². The van der Waals surface area contributed by atoms with Crippen molar-refractivity contribution in [2.45, 2.75) is 25.7 Å². The molecule has 0 N–H and O–H groups in total. The number of anilines is 1. The molecule has 23 heavy (non-hydrogen) atoms. The molecular formula is C20H21N3. The summed E-state index contributed by atoms with van der Waals surface area (Å²) in [6.07, 6.45) is 8.84.